The first-order valence-corrected chi connectivity index (χ1v) is 8.10. The lowest BCUT2D eigenvalue weighted by Gasteiger charge is -2.07. The van der Waals surface area contributed by atoms with Crippen molar-refractivity contribution >= 4 is 15.5 Å². The molecule has 0 fully saturated rings. The minimum Gasteiger partial charge on any atom is -0.417 e. The summed E-state index contributed by atoms with van der Waals surface area (Å²) in [6.07, 6.45) is 1.09. The first-order valence-electron chi connectivity index (χ1n) is 6.61. The second-order valence-corrected chi connectivity index (χ2v) is 6.67. The van der Waals surface area contributed by atoms with Gasteiger partial charge < -0.3 is 15.3 Å². The molecule has 0 unspecified atom stereocenters. The number of aromatic nitrogens is 3. The molecule has 0 amide bonds. The molecule has 0 bridgehead atoms. The van der Waals surface area contributed by atoms with Crippen LogP contribution in [-0.2, 0) is 16.4 Å². The summed E-state index contributed by atoms with van der Waals surface area (Å²) in [6.45, 7) is -0.441. The molecule has 10 heteroatoms. The fourth-order valence-corrected chi connectivity index (χ4v) is 3.19. The van der Waals surface area contributed by atoms with Gasteiger partial charge in [0.05, 0.1) is 15.5 Å². The summed E-state index contributed by atoms with van der Waals surface area (Å²) in [7, 11) is -3.89. The second kappa shape index (κ2) is 5.98. The van der Waals surface area contributed by atoms with E-state index in [1.807, 2.05) is 0 Å². The molecule has 0 aliphatic rings. The Labute approximate surface area is 135 Å². The standard InChI is InChI=1S/C14H11FN4O4S/c15-8-1-3-9(4-2-8)24(21,22)10-5-11(16)13(17-6-10)14-19-18-12(7-20)23-14/h1-6,20H,7,16H2. The van der Waals surface area contributed by atoms with Crippen LogP contribution in [0.1, 0.15) is 5.89 Å². The van der Waals surface area contributed by atoms with Crippen molar-refractivity contribution in [3.05, 3.63) is 48.2 Å². The molecule has 0 atom stereocenters. The third kappa shape index (κ3) is 2.84. The molecule has 2 aromatic heterocycles. The fraction of sp³-hybridized carbons (Fsp3) is 0.0714. The smallest absolute Gasteiger partial charge is 0.268 e. The topological polar surface area (TPSA) is 132 Å². The maximum absolute atomic E-state index is 12.9. The highest BCUT2D eigenvalue weighted by atomic mass is 32.2. The molecule has 0 aliphatic heterocycles. The van der Waals surface area contributed by atoms with E-state index in [9.17, 15) is 12.8 Å². The van der Waals surface area contributed by atoms with Crippen molar-refractivity contribution in [1.29, 1.82) is 0 Å². The summed E-state index contributed by atoms with van der Waals surface area (Å²) in [5.74, 6) is -0.602. The fourth-order valence-electron chi connectivity index (χ4n) is 1.95. The van der Waals surface area contributed by atoms with Crippen LogP contribution in [-0.4, -0.2) is 28.7 Å². The SMILES string of the molecule is Nc1cc(S(=O)(=O)c2ccc(F)cc2)cnc1-c1nnc(CO)o1. The number of anilines is 1. The molecule has 2 heterocycles. The molecule has 0 aliphatic carbocycles. The van der Waals surface area contributed by atoms with Gasteiger partial charge in [-0.2, -0.15) is 0 Å². The molecule has 0 saturated heterocycles. The average molecular weight is 350 g/mol. The number of benzene rings is 1. The van der Waals surface area contributed by atoms with Crippen LogP contribution >= 0.6 is 0 Å². The van der Waals surface area contributed by atoms with Crippen molar-refractivity contribution in [2.24, 2.45) is 0 Å². The number of pyridine rings is 1. The van der Waals surface area contributed by atoms with E-state index in [1.54, 1.807) is 0 Å². The van der Waals surface area contributed by atoms with Crippen molar-refractivity contribution in [2.45, 2.75) is 16.4 Å². The van der Waals surface area contributed by atoms with E-state index < -0.39 is 22.3 Å². The van der Waals surface area contributed by atoms with E-state index in [0.717, 1.165) is 30.5 Å². The maximum Gasteiger partial charge on any atom is 0.268 e. The van der Waals surface area contributed by atoms with Gasteiger partial charge in [-0.05, 0) is 30.3 Å². The second-order valence-electron chi connectivity index (χ2n) is 4.73. The zero-order valence-electron chi connectivity index (χ0n) is 12.0. The van der Waals surface area contributed by atoms with E-state index in [0.29, 0.717) is 0 Å². The Morgan fingerprint density at radius 2 is 1.88 bits per heavy atom. The van der Waals surface area contributed by atoms with Gasteiger partial charge in [0.15, 0.2) is 5.69 Å². The number of aliphatic hydroxyl groups is 1. The molecular formula is C14H11FN4O4S. The predicted molar refractivity (Wildman–Crippen MR) is 79.7 cm³/mol. The summed E-state index contributed by atoms with van der Waals surface area (Å²) in [5, 5.41) is 16.1. The zero-order chi connectivity index (χ0) is 17.3. The van der Waals surface area contributed by atoms with Crippen LogP contribution < -0.4 is 5.73 Å². The van der Waals surface area contributed by atoms with Crippen LogP contribution in [0, 0.1) is 5.82 Å². The summed E-state index contributed by atoms with van der Waals surface area (Å²) >= 11 is 0. The van der Waals surface area contributed by atoms with Gasteiger partial charge in [-0.1, -0.05) is 0 Å². The molecule has 3 aromatic rings. The number of rotatable bonds is 4. The molecule has 0 saturated carbocycles. The van der Waals surface area contributed by atoms with Crippen molar-refractivity contribution in [2.75, 3.05) is 5.73 Å². The Morgan fingerprint density at radius 1 is 1.17 bits per heavy atom. The number of nitrogens with zero attached hydrogens (tertiary/aromatic N) is 3. The van der Waals surface area contributed by atoms with E-state index in [1.165, 1.54) is 6.07 Å². The Kier molecular flexibility index (Phi) is 3.99. The van der Waals surface area contributed by atoms with Gasteiger partial charge in [-0.15, -0.1) is 10.2 Å². The predicted octanol–water partition coefficient (Wildman–Crippen LogP) is 1.18. The largest absolute Gasteiger partial charge is 0.417 e. The molecule has 1 aromatic carbocycles. The highest BCUT2D eigenvalue weighted by Gasteiger charge is 2.21. The third-order valence-electron chi connectivity index (χ3n) is 3.13. The van der Waals surface area contributed by atoms with E-state index >= 15 is 0 Å². The quantitative estimate of drug-likeness (QED) is 0.670. The molecule has 24 heavy (non-hydrogen) atoms. The minimum atomic E-state index is -3.89. The number of halogens is 1. The van der Waals surface area contributed by atoms with Gasteiger partial charge in [0.25, 0.3) is 5.89 Å². The highest BCUT2D eigenvalue weighted by molar-refractivity contribution is 7.91. The van der Waals surface area contributed by atoms with Crippen molar-refractivity contribution in [3.63, 3.8) is 0 Å². The van der Waals surface area contributed by atoms with Crippen molar-refractivity contribution < 1.29 is 22.3 Å². The van der Waals surface area contributed by atoms with Gasteiger partial charge in [0.2, 0.25) is 15.7 Å². The van der Waals surface area contributed by atoms with Crippen LogP contribution in [0.5, 0.6) is 0 Å². The summed E-state index contributed by atoms with van der Waals surface area (Å²) in [4.78, 5) is 3.71. The maximum atomic E-state index is 12.9. The number of sulfone groups is 1. The van der Waals surface area contributed by atoms with Gasteiger partial charge >= 0.3 is 0 Å². The number of hydrogen-bond donors (Lipinski definition) is 2. The molecule has 0 spiro atoms. The third-order valence-corrected chi connectivity index (χ3v) is 4.87. The van der Waals surface area contributed by atoms with E-state index in [2.05, 4.69) is 15.2 Å². The number of nitrogens with two attached hydrogens (primary N) is 1. The minimum absolute atomic E-state index is 0.00586. The Hall–Kier alpha value is -2.85. The summed E-state index contributed by atoms with van der Waals surface area (Å²) < 4.78 is 43.0. The monoisotopic (exact) mass is 350 g/mol. The molecule has 3 N–H and O–H groups in total. The highest BCUT2D eigenvalue weighted by Crippen LogP contribution is 2.27. The van der Waals surface area contributed by atoms with Crippen LogP contribution in [0.15, 0.2) is 50.7 Å². The van der Waals surface area contributed by atoms with Gasteiger partial charge in [-0.25, -0.2) is 17.8 Å². The normalized spacial score (nSPS) is 11.6. The Balaban J connectivity index is 2.01. The molecule has 8 nitrogen and oxygen atoms in total. The Morgan fingerprint density at radius 3 is 2.46 bits per heavy atom. The van der Waals surface area contributed by atoms with Crippen LogP contribution in [0.25, 0.3) is 11.6 Å². The molecular weight excluding hydrogens is 339 g/mol. The lowest BCUT2D eigenvalue weighted by Crippen LogP contribution is -2.05. The average Bonchev–Trinajstić information content (AvgIpc) is 3.04. The van der Waals surface area contributed by atoms with E-state index in [4.69, 9.17) is 15.3 Å². The van der Waals surface area contributed by atoms with Crippen molar-refractivity contribution in [1.82, 2.24) is 15.2 Å². The lowest BCUT2D eigenvalue weighted by molar-refractivity contribution is 0.241. The Bertz CT molecular complexity index is 986. The van der Waals surface area contributed by atoms with Crippen LogP contribution in [0.2, 0.25) is 0 Å². The van der Waals surface area contributed by atoms with Gasteiger partial charge in [0, 0.05) is 6.20 Å². The number of nitrogen functional groups attached to an aromatic ring is 1. The van der Waals surface area contributed by atoms with Crippen LogP contribution in [0.4, 0.5) is 10.1 Å². The lowest BCUT2D eigenvalue weighted by atomic mass is 10.3. The molecule has 124 valence electrons. The first-order chi connectivity index (χ1) is 11.4. The summed E-state index contributed by atoms with van der Waals surface area (Å²) in [5.41, 5.74) is 5.93. The van der Waals surface area contributed by atoms with Gasteiger partial charge in [-0.3, -0.25) is 0 Å². The summed E-state index contributed by atoms with van der Waals surface area (Å²) in [6, 6.07) is 5.60. The van der Waals surface area contributed by atoms with Gasteiger partial charge in [0.1, 0.15) is 12.4 Å². The van der Waals surface area contributed by atoms with E-state index in [-0.39, 0.29) is 33.0 Å². The first kappa shape index (κ1) is 16.0. The zero-order valence-corrected chi connectivity index (χ0v) is 12.9. The molecule has 0 radical (unpaired) electrons. The van der Waals surface area contributed by atoms with Crippen LogP contribution in [0.3, 0.4) is 0 Å². The van der Waals surface area contributed by atoms with Crippen molar-refractivity contribution in [3.8, 4) is 11.6 Å². The number of aliphatic hydroxyl groups excluding tert-OH is 1. The number of hydrogen-bond acceptors (Lipinski definition) is 8. The molecule has 3 rings (SSSR count).